The molecule has 1 saturated heterocycles. The van der Waals surface area contributed by atoms with E-state index in [-0.39, 0.29) is 29.0 Å². The number of amides is 1. The van der Waals surface area contributed by atoms with Crippen molar-refractivity contribution in [1.29, 1.82) is 0 Å². The maximum atomic E-state index is 13.8. The number of piperidine rings is 1. The van der Waals surface area contributed by atoms with Crippen molar-refractivity contribution in [3.05, 3.63) is 48.0 Å². The normalized spacial score (nSPS) is 18.3. The van der Waals surface area contributed by atoms with Gasteiger partial charge in [-0.25, -0.2) is 22.6 Å². The van der Waals surface area contributed by atoms with Gasteiger partial charge in [0.05, 0.1) is 5.75 Å². The number of benzene rings is 1. The van der Waals surface area contributed by atoms with E-state index in [1.165, 1.54) is 23.0 Å². The SMILES string of the molecule is NS(=O)(=O)C[C@H]1CCCN(C(=O)c2ccn(-c3ccccc3F)n2)C1. The van der Waals surface area contributed by atoms with Crippen LogP contribution >= 0.6 is 0 Å². The second-order valence-electron chi connectivity index (χ2n) is 6.19. The van der Waals surface area contributed by atoms with Gasteiger partial charge in [-0.05, 0) is 37.0 Å². The predicted molar refractivity (Wildman–Crippen MR) is 90.1 cm³/mol. The molecule has 7 nitrogen and oxygen atoms in total. The molecule has 3 rings (SSSR count). The van der Waals surface area contributed by atoms with Gasteiger partial charge in [0.25, 0.3) is 5.91 Å². The predicted octanol–water partition coefficient (Wildman–Crippen LogP) is 1.15. The number of para-hydroxylation sites is 1. The van der Waals surface area contributed by atoms with Gasteiger partial charge in [0.2, 0.25) is 10.0 Å². The zero-order chi connectivity index (χ0) is 18.0. The summed E-state index contributed by atoms with van der Waals surface area (Å²) in [6.45, 7) is 0.855. The summed E-state index contributed by atoms with van der Waals surface area (Å²) in [5.41, 5.74) is 0.451. The van der Waals surface area contributed by atoms with E-state index in [2.05, 4.69) is 5.10 Å². The molecule has 1 aliphatic heterocycles. The number of hydrogen-bond acceptors (Lipinski definition) is 4. The van der Waals surface area contributed by atoms with E-state index >= 15 is 0 Å². The standard InChI is InChI=1S/C16H19FN4O3S/c17-13-5-1-2-6-15(13)21-9-7-14(19-21)16(22)20-8-3-4-12(10-20)11-25(18,23)24/h1-2,5-7,9,12H,3-4,8,10-11H2,(H2,18,23,24)/t12-/m0/s1. The Morgan fingerprint density at radius 3 is 2.80 bits per heavy atom. The first-order valence-electron chi connectivity index (χ1n) is 7.94. The fourth-order valence-corrected chi connectivity index (χ4v) is 4.01. The molecular formula is C16H19FN4O3S. The Balaban J connectivity index is 1.74. The summed E-state index contributed by atoms with van der Waals surface area (Å²) >= 11 is 0. The van der Waals surface area contributed by atoms with Crippen LogP contribution in [0.1, 0.15) is 23.3 Å². The summed E-state index contributed by atoms with van der Waals surface area (Å²) in [6, 6.07) is 7.68. The highest BCUT2D eigenvalue weighted by Gasteiger charge is 2.28. The van der Waals surface area contributed by atoms with E-state index in [4.69, 9.17) is 5.14 Å². The molecule has 0 aliphatic carbocycles. The summed E-state index contributed by atoms with van der Waals surface area (Å²) in [6.07, 6.45) is 2.95. The minimum absolute atomic E-state index is 0.138. The molecule has 0 saturated carbocycles. The van der Waals surface area contributed by atoms with Crippen LogP contribution in [-0.4, -0.2) is 47.8 Å². The number of nitrogens with two attached hydrogens (primary N) is 1. The lowest BCUT2D eigenvalue weighted by Gasteiger charge is -2.31. The van der Waals surface area contributed by atoms with Gasteiger partial charge in [0.1, 0.15) is 11.5 Å². The summed E-state index contributed by atoms with van der Waals surface area (Å²) in [5.74, 6) is -1.05. The van der Waals surface area contributed by atoms with Gasteiger partial charge in [-0.3, -0.25) is 4.79 Å². The Kier molecular flexibility index (Phi) is 4.87. The molecule has 0 spiro atoms. The van der Waals surface area contributed by atoms with E-state index < -0.39 is 15.8 Å². The monoisotopic (exact) mass is 366 g/mol. The number of carbonyl (C=O) groups is 1. The molecule has 1 aliphatic rings. The third-order valence-electron chi connectivity index (χ3n) is 4.18. The lowest BCUT2D eigenvalue weighted by atomic mass is 10.00. The van der Waals surface area contributed by atoms with Gasteiger partial charge in [-0.1, -0.05) is 12.1 Å². The molecule has 9 heteroatoms. The van der Waals surface area contributed by atoms with E-state index in [0.29, 0.717) is 25.9 Å². The highest BCUT2D eigenvalue weighted by atomic mass is 32.2. The van der Waals surface area contributed by atoms with Crippen LogP contribution in [-0.2, 0) is 10.0 Å². The van der Waals surface area contributed by atoms with Crippen molar-refractivity contribution < 1.29 is 17.6 Å². The molecule has 1 atom stereocenters. The molecule has 1 amide bonds. The number of nitrogens with zero attached hydrogens (tertiary/aromatic N) is 3. The van der Waals surface area contributed by atoms with E-state index in [1.54, 1.807) is 23.1 Å². The molecule has 0 radical (unpaired) electrons. The fourth-order valence-electron chi connectivity index (χ4n) is 3.09. The smallest absolute Gasteiger partial charge is 0.274 e. The first-order chi connectivity index (χ1) is 11.8. The molecule has 2 N–H and O–H groups in total. The van der Waals surface area contributed by atoms with E-state index in [9.17, 15) is 17.6 Å². The topological polar surface area (TPSA) is 98.3 Å². The van der Waals surface area contributed by atoms with Gasteiger partial charge in [0, 0.05) is 19.3 Å². The molecule has 2 aromatic rings. The van der Waals surface area contributed by atoms with Crippen molar-refractivity contribution in [1.82, 2.24) is 14.7 Å². The van der Waals surface area contributed by atoms with Crippen LogP contribution in [0, 0.1) is 11.7 Å². The van der Waals surface area contributed by atoms with Gasteiger partial charge in [-0.2, -0.15) is 5.10 Å². The number of aromatic nitrogens is 2. The minimum atomic E-state index is -3.57. The van der Waals surface area contributed by atoms with Crippen molar-refractivity contribution in [3.63, 3.8) is 0 Å². The summed E-state index contributed by atoms with van der Waals surface area (Å²) in [4.78, 5) is 14.2. The largest absolute Gasteiger partial charge is 0.337 e. The Morgan fingerprint density at radius 2 is 2.08 bits per heavy atom. The first-order valence-corrected chi connectivity index (χ1v) is 9.65. The van der Waals surface area contributed by atoms with E-state index in [1.807, 2.05) is 0 Å². The van der Waals surface area contributed by atoms with Crippen LogP contribution in [0.3, 0.4) is 0 Å². The summed E-state index contributed by atoms with van der Waals surface area (Å²) in [7, 11) is -3.57. The number of sulfonamides is 1. The van der Waals surface area contributed by atoms with Gasteiger partial charge in [-0.15, -0.1) is 0 Å². The maximum Gasteiger partial charge on any atom is 0.274 e. The molecule has 1 fully saturated rings. The van der Waals surface area contributed by atoms with Gasteiger partial charge >= 0.3 is 0 Å². The van der Waals surface area contributed by atoms with Crippen LogP contribution in [0.25, 0.3) is 5.69 Å². The Labute approximate surface area is 145 Å². The number of likely N-dealkylation sites (tertiary alicyclic amines) is 1. The average Bonchev–Trinajstić information content (AvgIpc) is 3.03. The first kappa shape index (κ1) is 17.6. The molecule has 2 heterocycles. The van der Waals surface area contributed by atoms with Crippen LogP contribution in [0.2, 0.25) is 0 Å². The van der Waals surface area contributed by atoms with Crippen LogP contribution in [0.5, 0.6) is 0 Å². The van der Waals surface area contributed by atoms with Gasteiger partial charge in [0.15, 0.2) is 5.69 Å². The van der Waals surface area contributed by atoms with Crippen LogP contribution < -0.4 is 5.14 Å². The van der Waals surface area contributed by atoms with Crippen molar-refractivity contribution in [2.45, 2.75) is 12.8 Å². The molecule has 1 aromatic heterocycles. The van der Waals surface area contributed by atoms with Crippen molar-refractivity contribution in [3.8, 4) is 5.69 Å². The maximum absolute atomic E-state index is 13.8. The third kappa shape index (κ3) is 4.23. The third-order valence-corrected chi connectivity index (χ3v) is 5.12. The number of hydrogen-bond donors (Lipinski definition) is 1. The molecule has 1 aromatic carbocycles. The van der Waals surface area contributed by atoms with E-state index in [0.717, 1.165) is 0 Å². The van der Waals surface area contributed by atoms with Gasteiger partial charge < -0.3 is 4.90 Å². The molecule has 0 unspecified atom stereocenters. The molecular weight excluding hydrogens is 347 g/mol. The average molecular weight is 366 g/mol. The lowest BCUT2D eigenvalue weighted by Crippen LogP contribution is -2.42. The zero-order valence-electron chi connectivity index (χ0n) is 13.5. The number of primary sulfonamides is 1. The molecule has 134 valence electrons. The highest BCUT2D eigenvalue weighted by molar-refractivity contribution is 7.89. The van der Waals surface area contributed by atoms with Crippen molar-refractivity contribution in [2.75, 3.05) is 18.8 Å². The van der Waals surface area contributed by atoms with Crippen molar-refractivity contribution >= 4 is 15.9 Å². The quantitative estimate of drug-likeness (QED) is 0.878. The Hall–Kier alpha value is -2.26. The summed E-state index contributed by atoms with van der Waals surface area (Å²) in [5, 5.41) is 9.26. The summed E-state index contributed by atoms with van der Waals surface area (Å²) < 4.78 is 37.7. The molecule has 25 heavy (non-hydrogen) atoms. The second kappa shape index (κ2) is 6.93. The van der Waals surface area contributed by atoms with Crippen LogP contribution in [0.15, 0.2) is 36.5 Å². The van der Waals surface area contributed by atoms with Crippen molar-refractivity contribution in [2.24, 2.45) is 11.1 Å². The lowest BCUT2D eigenvalue weighted by molar-refractivity contribution is 0.0678. The van der Waals surface area contributed by atoms with Crippen LogP contribution in [0.4, 0.5) is 4.39 Å². The second-order valence-corrected chi connectivity index (χ2v) is 7.84. The fraction of sp³-hybridized carbons (Fsp3) is 0.375. The number of halogens is 1. The minimum Gasteiger partial charge on any atom is -0.337 e. The Morgan fingerprint density at radius 1 is 1.32 bits per heavy atom. The number of carbonyl (C=O) groups excluding carboxylic acids is 1. The molecule has 0 bridgehead atoms. The zero-order valence-corrected chi connectivity index (χ0v) is 14.3. The number of rotatable bonds is 4. The Bertz CT molecular complexity index is 881. The highest BCUT2D eigenvalue weighted by Crippen LogP contribution is 2.20.